The van der Waals surface area contributed by atoms with E-state index in [1.165, 1.54) is 0 Å². The third kappa shape index (κ3) is 2.15. The van der Waals surface area contributed by atoms with E-state index in [4.69, 9.17) is 11.6 Å². The van der Waals surface area contributed by atoms with Gasteiger partial charge in [-0.25, -0.2) is 0 Å². The maximum Gasteiger partial charge on any atom is 0.106 e. The highest BCUT2D eigenvalue weighted by molar-refractivity contribution is 6.31. The average Bonchev–Trinajstić information content (AvgIpc) is 2.60. The van der Waals surface area contributed by atoms with Crippen molar-refractivity contribution >= 4 is 22.5 Å². The fourth-order valence-corrected chi connectivity index (χ4v) is 1.79. The molecule has 0 bridgehead atoms. The molecular weight excluding hydrogens is 212 g/mol. The Hall–Kier alpha value is -1.03. The van der Waals surface area contributed by atoms with Crippen molar-refractivity contribution in [1.82, 2.24) is 10.3 Å². The van der Waals surface area contributed by atoms with Crippen LogP contribution in [0, 0.1) is 0 Å². The van der Waals surface area contributed by atoms with Crippen molar-refractivity contribution in [3.63, 3.8) is 0 Å². The Morgan fingerprint density at radius 3 is 3.00 bits per heavy atom. The topological polar surface area (TPSA) is 48.0 Å². The molecule has 0 aliphatic heterocycles. The second-order valence-electron chi connectivity index (χ2n) is 3.53. The van der Waals surface area contributed by atoms with Crippen LogP contribution >= 0.6 is 11.6 Å². The van der Waals surface area contributed by atoms with E-state index >= 15 is 0 Å². The van der Waals surface area contributed by atoms with Crippen molar-refractivity contribution in [3.8, 4) is 0 Å². The molecule has 3 N–H and O–H groups in total. The lowest BCUT2D eigenvalue weighted by Gasteiger charge is -2.06. The first-order valence-electron chi connectivity index (χ1n) is 4.81. The summed E-state index contributed by atoms with van der Waals surface area (Å²) in [5.74, 6) is 0. The summed E-state index contributed by atoms with van der Waals surface area (Å²) in [7, 11) is 1.81. The van der Waals surface area contributed by atoms with E-state index in [1.807, 2.05) is 31.3 Å². The van der Waals surface area contributed by atoms with Crippen molar-refractivity contribution in [2.45, 2.75) is 6.10 Å². The zero-order chi connectivity index (χ0) is 10.8. The monoisotopic (exact) mass is 224 g/mol. The Kier molecular flexibility index (Phi) is 2.95. The Morgan fingerprint density at radius 2 is 2.27 bits per heavy atom. The fraction of sp³-hybridized carbons (Fsp3) is 0.273. The van der Waals surface area contributed by atoms with Crippen LogP contribution in [0.3, 0.4) is 0 Å². The highest BCUT2D eigenvalue weighted by Crippen LogP contribution is 2.22. The van der Waals surface area contributed by atoms with Gasteiger partial charge in [-0.05, 0) is 31.3 Å². The number of nitrogens with one attached hydrogen (secondary N) is 2. The molecule has 1 unspecified atom stereocenters. The van der Waals surface area contributed by atoms with Crippen molar-refractivity contribution in [2.24, 2.45) is 0 Å². The first kappa shape index (κ1) is 10.5. The molecule has 2 rings (SSSR count). The Morgan fingerprint density at radius 1 is 1.47 bits per heavy atom. The van der Waals surface area contributed by atoms with Gasteiger partial charge in [0.25, 0.3) is 0 Å². The lowest BCUT2D eigenvalue weighted by Crippen LogP contribution is -2.16. The zero-order valence-electron chi connectivity index (χ0n) is 8.42. The lowest BCUT2D eigenvalue weighted by atomic mass is 10.2. The van der Waals surface area contributed by atoms with Crippen LogP contribution in [0.2, 0.25) is 5.02 Å². The molecule has 0 aliphatic carbocycles. The number of halogens is 1. The van der Waals surface area contributed by atoms with E-state index in [2.05, 4.69) is 10.3 Å². The minimum atomic E-state index is -0.513. The number of rotatable bonds is 3. The SMILES string of the molecule is CNCC(O)c1cc2cc(Cl)ccc2[nH]1. The average molecular weight is 225 g/mol. The number of hydrogen-bond acceptors (Lipinski definition) is 2. The molecule has 0 spiro atoms. The lowest BCUT2D eigenvalue weighted by molar-refractivity contribution is 0.174. The third-order valence-electron chi connectivity index (χ3n) is 2.36. The standard InChI is InChI=1S/C11H13ClN2O/c1-13-6-11(15)10-5-7-4-8(12)2-3-9(7)14-10/h2-5,11,13-15H,6H2,1H3. The molecule has 0 radical (unpaired) electrons. The Balaban J connectivity index is 2.38. The van der Waals surface area contributed by atoms with Gasteiger partial charge in [-0.3, -0.25) is 0 Å². The van der Waals surface area contributed by atoms with E-state index < -0.39 is 6.10 Å². The molecule has 15 heavy (non-hydrogen) atoms. The number of benzene rings is 1. The van der Waals surface area contributed by atoms with E-state index in [0.29, 0.717) is 11.6 Å². The van der Waals surface area contributed by atoms with Crippen molar-refractivity contribution in [1.29, 1.82) is 0 Å². The summed E-state index contributed by atoms with van der Waals surface area (Å²) in [4.78, 5) is 3.16. The number of hydrogen-bond donors (Lipinski definition) is 3. The third-order valence-corrected chi connectivity index (χ3v) is 2.60. The number of H-pyrrole nitrogens is 1. The smallest absolute Gasteiger partial charge is 0.106 e. The molecule has 0 amide bonds. The number of aromatic nitrogens is 1. The summed E-state index contributed by atoms with van der Waals surface area (Å²) >= 11 is 5.88. The fourth-order valence-electron chi connectivity index (χ4n) is 1.61. The van der Waals surface area contributed by atoms with Crippen molar-refractivity contribution < 1.29 is 5.11 Å². The molecule has 2 aromatic rings. The van der Waals surface area contributed by atoms with E-state index in [1.54, 1.807) is 0 Å². The van der Waals surface area contributed by atoms with Crippen molar-refractivity contribution in [3.05, 3.63) is 35.0 Å². The van der Waals surface area contributed by atoms with Crippen LogP contribution < -0.4 is 5.32 Å². The number of aromatic amines is 1. The van der Waals surface area contributed by atoms with Crippen LogP contribution in [0.5, 0.6) is 0 Å². The number of aliphatic hydroxyl groups excluding tert-OH is 1. The predicted molar refractivity (Wildman–Crippen MR) is 62.2 cm³/mol. The Labute approximate surface area is 93.1 Å². The molecule has 1 aromatic heterocycles. The van der Waals surface area contributed by atoms with Gasteiger partial charge in [0.15, 0.2) is 0 Å². The summed E-state index contributed by atoms with van der Waals surface area (Å²) in [6.45, 7) is 0.528. The van der Waals surface area contributed by atoms with Crippen LogP contribution in [0.25, 0.3) is 10.9 Å². The van der Waals surface area contributed by atoms with Gasteiger partial charge in [0.05, 0.1) is 0 Å². The second-order valence-corrected chi connectivity index (χ2v) is 3.97. The number of aliphatic hydroxyl groups is 1. The van der Waals surface area contributed by atoms with Crippen LogP contribution in [0.4, 0.5) is 0 Å². The highest BCUT2D eigenvalue weighted by Gasteiger charge is 2.09. The number of likely N-dealkylation sites (N-methyl/N-ethyl adjacent to an activating group) is 1. The summed E-state index contributed by atoms with van der Waals surface area (Å²) in [6.07, 6.45) is -0.513. The highest BCUT2D eigenvalue weighted by atomic mass is 35.5. The second kappa shape index (κ2) is 4.23. The van der Waals surface area contributed by atoms with Crippen LogP contribution in [-0.2, 0) is 0 Å². The maximum atomic E-state index is 9.76. The van der Waals surface area contributed by atoms with Crippen molar-refractivity contribution in [2.75, 3.05) is 13.6 Å². The maximum absolute atomic E-state index is 9.76. The molecule has 3 nitrogen and oxygen atoms in total. The molecule has 4 heteroatoms. The van der Waals surface area contributed by atoms with Gasteiger partial charge in [-0.15, -0.1) is 0 Å². The van der Waals surface area contributed by atoms with Crippen LogP contribution in [-0.4, -0.2) is 23.7 Å². The summed E-state index contributed by atoms with van der Waals surface area (Å²) in [6, 6.07) is 7.54. The molecule has 0 aliphatic rings. The molecule has 80 valence electrons. The Bertz CT molecular complexity index is 467. The van der Waals surface area contributed by atoms with Gasteiger partial charge in [0.2, 0.25) is 0 Å². The van der Waals surface area contributed by atoms with Gasteiger partial charge in [-0.1, -0.05) is 11.6 Å². The first-order valence-corrected chi connectivity index (χ1v) is 5.19. The quantitative estimate of drug-likeness (QED) is 0.748. The van der Waals surface area contributed by atoms with Gasteiger partial charge < -0.3 is 15.4 Å². The minimum Gasteiger partial charge on any atom is -0.386 e. The molecule has 1 heterocycles. The molecule has 0 saturated heterocycles. The van der Waals surface area contributed by atoms with Gasteiger partial charge in [0.1, 0.15) is 6.10 Å². The van der Waals surface area contributed by atoms with Gasteiger partial charge in [0, 0.05) is 28.2 Å². The molecule has 1 atom stereocenters. The first-order chi connectivity index (χ1) is 7.20. The van der Waals surface area contributed by atoms with Crippen LogP contribution in [0.1, 0.15) is 11.8 Å². The largest absolute Gasteiger partial charge is 0.386 e. The van der Waals surface area contributed by atoms with Gasteiger partial charge >= 0.3 is 0 Å². The van der Waals surface area contributed by atoms with E-state index in [0.717, 1.165) is 16.6 Å². The zero-order valence-corrected chi connectivity index (χ0v) is 9.17. The summed E-state index contributed by atoms with van der Waals surface area (Å²) < 4.78 is 0. The van der Waals surface area contributed by atoms with Gasteiger partial charge in [-0.2, -0.15) is 0 Å². The molecule has 0 fully saturated rings. The molecular formula is C11H13ClN2O. The van der Waals surface area contributed by atoms with E-state index in [9.17, 15) is 5.11 Å². The minimum absolute atomic E-state index is 0.513. The van der Waals surface area contributed by atoms with E-state index in [-0.39, 0.29) is 0 Å². The molecule has 1 aromatic carbocycles. The number of fused-ring (bicyclic) bond motifs is 1. The van der Waals surface area contributed by atoms with Crippen LogP contribution in [0.15, 0.2) is 24.3 Å². The normalized spacial score (nSPS) is 13.3. The predicted octanol–water partition coefficient (Wildman–Crippen LogP) is 2.07. The summed E-state index contributed by atoms with van der Waals surface area (Å²) in [5.41, 5.74) is 1.80. The molecule has 0 saturated carbocycles. The summed E-state index contributed by atoms with van der Waals surface area (Å²) in [5, 5.41) is 14.4.